The Morgan fingerprint density at radius 3 is 1.34 bits per heavy atom. The number of fused-ring (bicyclic) bond motifs is 6. The van der Waals surface area contributed by atoms with E-state index >= 15 is 0 Å². The average molecular weight is 489 g/mol. The summed E-state index contributed by atoms with van der Waals surface area (Å²) >= 11 is 0. The maximum atomic E-state index is 5.08. The highest BCUT2D eigenvalue weighted by molar-refractivity contribution is 6.07. The van der Waals surface area contributed by atoms with E-state index in [0.717, 1.165) is 66.9 Å². The summed E-state index contributed by atoms with van der Waals surface area (Å²) < 4.78 is 4.34. The molecule has 0 aliphatic rings. The zero-order valence-corrected chi connectivity index (χ0v) is 20.2. The molecule has 0 aliphatic carbocycles. The number of aromatic nitrogens is 6. The minimum atomic E-state index is 0.804. The van der Waals surface area contributed by atoms with Crippen LogP contribution < -0.4 is 0 Å². The minimum absolute atomic E-state index is 0.804. The molecule has 0 spiro atoms. The van der Waals surface area contributed by atoms with Crippen LogP contribution in [0.25, 0.3) is 66.9 Å². The summed E-state index contributed by atoms with van der Waals surface area (Å²) in [5.74, 6) is 1.66. The number of para-hydroxylation sites is 2. The highest BCUT2D eigenvalue weighted by Gasteiger charge is 2.16. The SMILES string of the molecule is c1cc(-c2cccc(-n3c4ccccc4c4ncccc43)n2)nc(-n2c3ccccc3c3ncccc32)c1. The van der Waals surface area contributed by atoms with Gasteiger partial charge in [-0.05, 0) is 60.7 Å². The van der Waals surface area contributed by atoms with Crippen molar-refractivity contribution in [3.05, 3.63) is 122 Å². The number of rotatable bonds is 3. The van der Waals surface area contributed by atoms with Crippen LogP contribution in [-0.4, -0.2) is 29.1 Å². The second-order valence-electron chi connectivity index (χ2n) is 9.21. The van der Waals surface area contributed by atoms with Crippen molar-refractivity contribution in [1.82, 2.24) is 29.1 Å². The molecular formula is C32H20N6. The van der Waals surface area contributed by atoms with Crippen molar-refractivity contribution < 1.29 is 0 Å². The van der Waals surface area contributed by atoms with Gasteiger partial charge in [-0.25, -0.2) is 9.97 Å². The lowest BCUT2D eigenvalue weighted by molar-refractivity contribution is 1.05. The predicted octanol–water partition coefficient (Wildman–Crippen LogP) is 7.13. The second-order valence-corrected chi connectivity index (χ2v) is 9.21. The van der Waals surface area contributed by atoms with Gasteiger partial charge in [-0.2, -0.15) is 0 Å². The molecule has 0 bridgehead atoms. The maximum Gasteiger partial charge on any atom is 0.138 e. The molecule has 6 heterocycles. The van der Waals surface area contributed by atoms with Gasteiger partial charge < -0.3 is 0 Å². The van der Waals surface area contributed by atoms with E-state index in [-0.39, 0.29) is 0 Å². The molecule has 0 N–H and O–H groups in total. The van der Waals surface area contributed by atoms with E-state index in [2.05, 4.69) is 55.5 Å². The molecule has 38 heavy (non-hydrogen) atoms. The highest BCUT2D eigenvalue weighted by Crippen LogP contribution is 2.32. The van der Waals surface area contributed by atoms with E-state index in [1.54, 1.807) is 0 Å². The monoisotopic (exact) mass is 488 g/mol. The molecule has 0 saturated carbocycles. The number of pyridine rings is 4. The third-order valence-electron chi connectivity index (χ3n) is 7.04. The summed E-state index contributed by atoms with van der Waals surface area (Å²) in [4.78, 5) is 19.5. The molecule has 0 atom stereocenters. The molecule has 178 valence electrons. The van der Waals surface area contributed by atoms with Gasteiger partial charge in [-0.3, -0.25) is 19.1 Å². The first kappa shape index (κ1) is 20.8. The van der Waals surface area contributed by atoms with Gasteiger partial charge >= 0.3 is 0 Å². The molecule has 0 amide bonds. The molecule has 6 heteroatoms. The molecule has 6 aromatic heterocycles. The fraction of sp³-hybridized carbons (Fsp3) is 0. The van der Waals surface area contributed by atoms with Crippen LogP contribution in [0.3, 0.4) is 0 Å². The Bertz CT molecular complexity index is 1890. The highest BCUT2D eigenvalue weighted by atomic mass is 15.1. The largest absolute Gasteiger partial charge is 0.292 e. The summed E-state index contributed by atoms with van der Waals surface area (Å²) in [7, 11) is 0. The molecule has 8 rings (SSSR count). The van der Waals surface area contributed by atoms with Crippen LogP contribution in [0.2, 0.25) is 0 Å². The quantitative estimate of drug-likeness (QED) is 0.265. The topological polar surface area (TPSA) is 61.4 Å². The van der Waals surface area contributed by atoms with Crippen LogP contribution in [0.5, 0.6) is 0 Å². The van der Waals surface area contributed by atoms with E-state index in [1.165, 1.54) is 0 Å². The summed E-state index contributed by atoms with van der Waals surface area (Å²) in [6.45, 7) is 0. The van der Waals surface area contributed by atoms with Crippen molar-refractivity contribution in [1.29, 1.82) is 0 Å². The van der Waals surface area contributed by atoms with Gasteiger partial charge in [0.25, 0.3) is 0 Å². The standard InChI is InChI=1S/C32H20N6/c1-3-13-25-21(9-1)31-27(15-7-19-33-31)37(25)29-17-5-11-23(35-29)24-12-6-18-30(36-24)38-26-14-4-2-10-22(26)32-28(38)16-8-20-34-32/h1-20H. The van der Waals surface area contributed by atoms with E-state index in [1.807, 2.05) is 85.2 Å². The van der Waals surface area contributed by atoms with Gasteiger partial charge in [-0.1, -0.05) is 48.5 Å². The smallest absolute Gasteiger partial charge is 0.138 e. The fourth-order valence-corrected chi connectivity index (χ4v) is 5.44. The molecule has 0 aliphatic heterocycles. The van der Waals surface area contributed by atoms with Gasteiger partial charge in [0.15, 0.2) is 0 Å². The van der Waals surface area contributed by atoms with Crippen molar-refractivity contribution in [3.63, 3.8) is 0 Å². The first-order chi connectivity index (χ1) is 18.9. The Morgan fingerprint density at radius 1 is 0.395 bits per heavy atom. The Labute approximate surface area is 217 Å². The van der Waals surface area contributed by atoms with Crippen LogP contribution in [-0.2, 0) is 0 Å². The first-order valence-electron chi connectivity index (χ1n) is 12.5. The van der Waals surface area contributed by atoms with E-state index < -0.39 is 0 Å². The Hall–Kier alpha value is -5.36. The molecule has 0 unspecified atom stereocenters. The Morgan fingerprint density at radius 2 is 0.842 bits per heavy atom. The van der Waals surface area contributed by atoms with Gasteiger partial charge in [0.1, 0.15) is 11.6 Å². The summed E-state index contributed by atoms with van der Waals surface area (Å²) in [5, 5.41) is 2.21. The number of benzene rings is 2. The van der Waals surface area contributed by atoms with E-state index in [0.29, 0.717) is 0 Å². The lowest BCUT2D eigenvalue weighted by atomic mass is 10.2. The second kappa shape index (κ2) is 8.08. The Balaban J connectivity index is 1.32. The van der Waals surface area contributed by atoms with Gasteiger partial charge in [0.2, 0.25) is 0 Å². The lowest BCUT2D eigenvalue weighted by Crippen LogP contribution is -2.01. The van der Waals surface area contributed by atoms with Gasteiger partial charge in [0.05, 0.1) is 44.5 Å². The maximum absolute atomic E-state index is 5.08. The molecule has 0 saturated heterocycles. The third-order valence-corrected chi connectivity index (χ3v) is 7.04. The van der Waals surface area contributed by atoms with Crippen LogP contribution in [0.1, 0.15) is 0 Å². The van der Waals surface area contributed by atoms with Gasteiger partial charge in [-0.15, -0.1) is 0 Å². The molecule has 2 aromatic carbocycles. The van der Waals surface area contributed by atoms with Crippen LogP contribution in [0.4, 0.5) is 0 Å². The van der Waals surface area contributed by atoms with Crippen molar-refractivity contribution in [2.24, 2.45) is 0 Å². The average Bonchev–Trinajstić information content (AvgIpc) is 3.51. The van der Waals surface area contributed by atoms with E-state index in [9.17, 15) is 0 Å². The Kier molecular flexibility index (Phi) is 4.42. The number of hydrogen-bond donors (Lipinski definition) is 0. The molecule has 0 radical (unpaired) electrons. The zero-order chi connectivity index (χ0) is 25.1. The van der Waals surface area contributed by atoms with Crippen LogP contribution >= 0.6 is 0 Å². The van der Waals surface area contributed by atoms with Crippen molar-refractivity contribution in [3.8, 4) is 23.0 Å². The van der Waals surface area contributed by atoms with Crippen molar-refractivity contribution in [2.75, 3.05) is 0 Å². The molecule has 8 aromatic rings. The van der Waals surface area contributed by atoms with E-state index in [4.69, 9.17) is 9.97 Å². The normalized spacial score (nSPS) is 11.7. The third kappa shape index (κ3) is 3.01. The zero-order valence-electron chi connectivity index (χ0n) is 20.2. The predicted molar refractivity (Wildman–Crippen MR) is 152 cm³/mol. The number of nitrogens with zero attached hydrogens (tertiary/aromatic N) is 6. The first-order valence-corrected chi connectivity index (χ1v) is 12.5. The summed E-state index contributed by atoms with van der Waals surface area (Å²) in [6.07, 6.45) is 3.67. The molecule has 6 nitrogen and oxygen atoms in total. The molecule has 0 fully saturated rings. The lowest BCUT2D eigenvalue weighted by Gasteiger charge is -2.11. The van der Waals surface area contributed by atoms with Gasteiger partial charge in [0, 0.05) is 23.2 Å². The summed E-state index contributed by atoms with van der Waals surface area (Å²) in [6, 6.07) is 36.9. The van der Waals surface area contributed by atoms with Crippen molar-refractivity contribution in [2.45, 2.75) is 0 Å². The van der Waals surface area contributed by atoms with Crippen molar-refractivity contribution >= 4 is 43.9 Å². The van der Waals surface area contributed by atoms with Crippen LogP contribution in [0, 0.1) is 0 Å². The summed E-state index contributed by atoms with van der Waals surface area (Å²) in [5.41, 5.74) is 7.74. The van der Waals surface area contributed by atoms with Crippen LogP contribution in [0.15, 0.2) is 122 Å². The minimum Gasteiger partial charge on any atom is -0.292 e. The molecular weight excluding hydrogens is 468 g/mol. The fourth-order valence-electron chi connectivity index (χ4n) is 5.44. The number of hydrogen-bond acceptors (Lipinski definition) is 4.